The lowest BCUT2D eigenvalue weighted by atomic mass is 9.92. The molecule has 0 bridgehead atoms. The Hall–Kier alpha value is -2.34. The molecule has 1 aliphatic heterocycles. The maximum Gasteiger partial charge on any atom is 0.325 e. The second kappa shape index (κ2) is 6.28. The maximum atomic E-state index is 12.9. The van der Waals surface area contributed by atoms with Crippen molar-refractivity contribution in [1.82, 2.24) is 10.2 Å². The molecule has 2 aromatic carbocycles. The monoisotopic (exact) mass is 388 g/mol. The lowest BCUT2D eigenvalue weighted by Gasteiger charge is -2.22. The van der Waals surface area contributed by atoms with Crippen molar-refractivity contribution in [2.45, 2.75) is 19.0 Å². The van der Waals surface area contributed by atoms with E-state index in [0.717, 1.165) is 15.6 Å². The van der Waals surface area contributed by atoms with Crippen LogP contribution in [0.1, 0.15) is 18.1 Å². The van der Waals surface area contributed by atoms with Crippen molar-refractivity contribution in [3.63, 3.8) is 0 Å². The molecule has 0 spiro atoms. The molecular formula is C18H17BrN2O3. The Balaban J connectivity index is 1.86. The summed E-state index contributed by atoms with van der Waals surface area (Å²) in [6, 6.07) is 14.3. The highest BCUT2D eigenvalue weighted by Gasteiger charge is 2.48. The number of imide groups is 1. The van der Waals surface area contributed by atoms with Crippen molar-refractivity contribution >= 4 is 27.9 Å². The molecule has 124 valence electrons. The second-order valence-corrected chi connectivity index (χ2v) is 6.64. The molecule has 0 radical (unpaired) electrons. The van der Waals surface area contributed by atoms with Gasteiger partial charge in [0.2, 0.25) is 0 Å². The van der Waals surface area contributed by atoms with Crippen molar-refractivity contribution < 1.29 is 14.3 Å². The largest absolute Gasteiger partial charge is 0.496 e. The highest BCUT2D eigenvalue weighted by molar-refractivity contribution is 9.10. The number of carbonyl (C=O) groups is 2. The molecule has 24 heavy (non-hydrogen) atoms. The van der Waals surface area contributed by atoms with Crippen LogP contribution < -0.4 is 10.1 Å². The zero-order chi connectivity index (χ0) is 17.3. The zero-order valence-electron chi connectivity index (χ0n) is 13.4. The van der Waals surface area contributed by atoms with Crippen LogP contribution in [0.15, 0.2) is 53.0 Å². The highest BCUT2D eigenvalue weighted by atomic mass is 79.9. The molecule has 6 heteroatoms. The van der Waals surface area contributed by atoms with Crippen LogP contribution in [-0.2, 0) is 16.9 Å². The minimum absolute atomic E-state index is 0.204. The first-order valence-corrected chi connectivity index (χ1v) is 8.27. The van der Waals surface area contributed by atoms with Gasteiger partial charge in [-0.1, -0.05) is 36.4 Å². The summed E-state index contributed by atoms with van der Waals surface area (Å²) in [5.41, 5.74) is 0.562. The molecule has 1 fully saturated rings. The van der Waals surface area contributed by atoms with E-state index in [9.17, 15) is 9.59 Å². The number of halogens is 1. The molecule has 0 unspecified atom stereocenters. The van der Waals surface area contributed by atoms with Crippen LogP contribution in [0.5, 0.6) is 5.75 Å². The molecule has 1 saturated heterocycles. The Bertz CT molecular complexity index is 794. The maximum absolute atomic E-state index is 12.9. The fourth-order valence-corrected chi connectivity index (χ4v) is 3.39. The molecule has 1 aliphatic rings. The number of hydrogen-bond acceptors (Lipinski definition) is 3. The Labute approximate surface area is 148 Å². The van der Waals surface area contributed by atoms with E-state index in [2.05, 4.69) is 21.2 Å². The molecule has 5 nitrogen and oxygen atoms in total. The molecule has 1 atom stereocenters. The van der Waals surface area contributed by atoms with Crippen LogP contribution >= 0.6 is 15.9 Å². The van der Waals surface area contributed by atoms with Gasteiger partial charge in [-0.3, -0.25) is 9.69 Å². The topological polar surface area (TPSA) is 58.6 Å². The Kier molecular flexibility index (Phi) is 4.32. The zero-order valence-corrected chi connectivity index (χ0v) is 15.0. The van der Waals surface area contributed by atoms with Crippen molar-refractivity contribution in [2.75, 3.05) is 7.11 Å². The van der Waals surface area contributed by atoms with Gasteiger partial charge in [-0.25, -0.2) is 4.79 Å². The minimum Gasteiger partial charge on any atom is -0.496 e. The van der Waals surface area contributed by atoms with E-state index in [1.165, 1.54) is 4.90 Å². The fourth-order valence-electron chi connectivity index (χ4n) is 2.80. The number of amides is 3. The molecule has 2 aromatic rings. The summed E-state index contributed by atoms with van der Waals surface area (Å²) in [6.07, 6.45) is 0. The number of benzene rings is 2. The van der Waals surface area contributed by atoms with E-state index in [1.807, 2.05) is 42.5 Å². The number of ether oxygens (including phenoxy) is 1. The van der Waals surface area contributed by atoms with E-state index in [-0.39, 0.29) is 12.5 Å². The first kappa shape index (κ1) is 16.5. The third kappa shape index (κ3) is 2.78. The predicted octanol–water partition coefficient (Wildman–Crippen LogP) is 3.42. The van der Waals surface area contributed by atoms with Gasteiger partial charge in [0.05, 0.1) is 18.1 Å². The molecule has 3 rings (SSSR count). The third-order valence-corrected chi connectivity index (χ3v) is 4.80. The summed E-state index contributed by atoms with van der Waals surface area (Å²) >= 11 is 3.42. The molecule has 1 N–H and O–H groups in total. The van der Waals surface area contributed by atoms with Gasteiger partial charge in [0.25, 0.3) is 5.91 Å². The highest BCUT2D eigenvalue weighted by Crippen LogP contribution is 2.31. The number of carbonyl (C=O) groups excluding carboxylic acids is 2. The van der Waals surface area contributed by atoms with Crippen molar-refractivity contribution in [1.29, 1.82) is 0 Å². The number of nitrogens with zero attached hydrogens (tertiary/aromatic N) is 1. The normalized spacial score (nSPS) is 20.2. The van der Waals surface area contributed by atoms with Gasteiger partial charge in [0.15, 0.2) is 0 Å². The molecule has 1 heterocycles. The molecular weight excluding hydrogens is 372 g/mol. The first-order valence-electron chi connectivity index (χ1n) is 7.48. The average molecular weight is 389 g/mol. The minimum atomic E-state index is -1.04. The number of methoxy groups -OCH3 is 1. The fraction of sp³-hybridized carbons (Fsp3) is 0.222. The summed E-state index contributed by atoms with van der Waals surface area (Å²) in [5.74, 6) is 0.440. The van der Waals surface area contributed by atoms with Gasteiger partial charge in [0, 0.05) is 0 Å². The molecule has 0 aliphatic carbocycles. The van der Waals surface area contributed by atoms with Gasteiger partial charge in [-0.05, 0) is 46.1 Å². The summed E-state index contributed by atoms with van der Waals surface area (Å²) in [6.45, 7) is 1.93. The van der Waals surface area contributed by atoms with Crippen LogP contribution in [0.25, 0.3) is 0 Å². The average Bonchev–Trinajstić information content (AvgIpc) is 2.80. The van der Waals surface area contributed by atoms with Gasteiger partial charge in [0.1, 0.15) is 11.3 Å². The van der Waals surface area contributed by atoms with Crippen LogP contribution in [0.4, 0.5) is 4.79 Å². The summed E-state index contributed by atoms with van der Waals surface area (Å²) in [4.78, 5) is 26.4. The lowest BCUT2D eigenvalue weighted by molar-refractivity contribution is -0.131. The quantitative estimate of drug-likeness (QED) is 0.816. The van der Waals surface area contributed by atoms with Crippen LogP contribution in [0.2, 0.25) is 0 Å². The van der Waals surface area contributed by atoms with Crippen molar-refractivity contribution in [3.8, 4) is 5.75 Å². The van der Waals surface area contributed by atoms with E-state index >= 15 is 0 Å². The molecule has 0 aromatic heterocycles. The van der Waals surface area contributed by atoms with Crippen molar-refractivity contribution in [2.24, 2.45) is 0 Å². The summed E-state index contributed by atoms with van der Waals surface area (Å²) < 4.78 is 5.97. The van der Waals surface area contributed by atoms with E-state index in [0.29, 0.717) is 5.75 Å². The SMILES string of the molecule is COc1ccc(CN2C(=O)N[C@](C)(c3ccccc3)C2=O)cc1Br. The van der Waals surface area contributed by atoms with E-state index in [4.69, 9.17) is 4.74 Å². The Morgan fingerprint density at radius 1 is 1.17 bits per heavy atom. The van der Waals surface area contributed by atoms with Gasteiger partial charge in [-0.15, -0.1) is 0 Å². The van der Waals surface area contributed by atoms with Gasteiger partial charge >= 0.3 is 6.03 Å². The Morgan fingerprint density at radius 2 is 1.88 bits per heavy atom. The van der Waals surface area contributed by atoms with Crippen LogP contribution in [-0.4, -0.2) is 23.9 Å². The summed E-state index contributed by atoms with van der Waals surface area (Å²) in [5, 5.41) is 2.80. The van der Waals surface area contributed by atoms with Crippen LogP contribution in [0, 0.1) is 0 Å². The first-order chi connectivity index (χ1) is 11.5. The number of hydrogen-bond donors (Lipinski definition) is 1. The van der Waals surface area contributed by atoms with Crippen molar-refractivity contribution in [3.05, 3.63) is 64.1 Å². The third-order valence-electron chi connectivity index (χ3n) is 4.18. The number of nitrogens with one attached hydrogen (secondary N) is 1. The number of rotatable bonds is 4. The van der Waals surface area contributed by atoms with E-state index < -0.39 is 11.6 Å². The van der Waals surface area contributed by atoms with E-state index in [1.54, 1.807) is 20.1 Å². The second-order valence-electron chi connectivity index (χ2n) is 5.78. The standard InChI is InChI=1S/C18H17BrN2O3/c1-18(13-6-4-3-5-7-13)16(22)21(17(23)20-18)11-12-8-9-15(24-2)14(19)10-12/h3-10H,11H2,1-2H3,(H,20,23)/t18-/m1/s1. The van der Waals surface area contributed by atoms with Gasteiger partial charge in [-0.2, -0.15) is 0 Å². The molecule has 0 saturated carbocycles. The predicted molar refractivity (Wildman–Crippen MR) is 93.6 cm³/mol. The summed E-state index contributed by atoms with van der Waals surface area (Å²) in [7, 11) is 1.59. The Morgan fingerprint density at radius 3 is 2.50 bits per heavy atom. The van der Waals surface area contributed by atoms with Crippen LogP contribution in [0.3, 0.4) is 0 Å². The smallest absolute Gasteiger partial charge is 0.325 e. The molecule has 3 amide bonds. The lowest BCUT2D eigenvalue weighted by Crippen LogP contribution is -2.40. The number of urea groups is 1. The van der Waals surface area contributed by atoms with Gasteiger partial charge < -0.3 is 10.1 Å².